The van der Waals surface area contributed by atoms with Crippen molar-refractivity contribution >= 4 is 51.6 Å². The van der Waals surface area contributed by atoms with Crippen LogP contribution in [0.3, 0.4) is 0 Å². The number of thiazole rings is 1. The van der Waals surface area contributed by atoms with Crippen molar-refractivity contribution < 1.29 is 9.53 Å². The van der Waals surface area contributed by atoms with Gasteiger partial charge in [-0.25, -0.2) is 4.98 Å². The second-order valence-electron chi connectivity index (χ2n) is 6.12. The summed E-state index contributed by atoms with van der Waals surface area (Å²) in [7, 11) is 0. The highest BCUT2D eigenvalue weighted by Crippen LogP contribution is 2.29. The number of thioether (sulfide) groups is 1. The maximum absolute atomic E-state index is 12.6. The highest BCUT2D eigenvalue weighted by atomic mass is 32.2. The number of carbonyl (C=O) groups excluding carboxylic acids is 1. The van der Waals surface area contributed by atoms with Crippen LogP contribution in [0, 0.1) is 3.95 Å². The molecule has 0 saturated heterocycles. The van der Waals surface area contributed by atoms with Crippen LogP contribution in [0.2, 0.25) is 0 Å². The average Bonchev–Trinajstić information content (AvgIpc) is 3.04. The maximum Gasteiger partial charge on any atom is 0.271 e. The van der Waals surface area contributed by atoms with Crippen LogP contribution in [0.4, 0.5) is 0 Å². The van der Waals surface area contributed by atoms with Crippen molar-refractivity contribution in [3.63, 3.8) is 0 Å². The first-order valence-electron chi connectivity index (χ1n) is 9.32. The number of fused-ring (bicyclic) bond motifs is 1. The predicted molar refractivity (Wildman–Crippen MR) is 120 cm³/mol. The van der Waals surface area contributed by atoms with Gasteiger partial charge in [0.1, 0.15) is 10.4 Å². The van der Waals surface area contributed by atoms with E-state index in [1.165, 1.54) is 23.1 Å². The van der Waals surface area contributed by atoms with Gasteiger partial charge >= 0.3 is 0 Å². The van der Waals surface area contributed by atoms with Gasteiger partial charge in [0.15, 0.2) is 14.8 Å². The number of para-hydroxylation sites is 2. The lowest BCUT2D eigenvalue weighted by Gasteiger charge is -2.11. The number of nitrogens with one attached hydrogen (secondary N) is 2. The number of benzene rings is 1. The van der Waals surface area contributed by atoms with Gasteiger partial charge in [-0.15, -0.1) is 0 Å². The SMILES string of the molecule is CCCCNC(=O)CSc1nc2c(sc(=S)n2-c2ccccc2OCC)c(=O)[nH]1. The van der Waals surface area contributed by atoms with Crippen molar-refractivity contribution in [2.45, 2.75) is 31.8 Å². The van der Waals surface area contributed by atoms with E-state index in [0.29, 0.717) is 38.4 Å². The summed E-state index contributed by atoms with van der Waals surface area (Å²) in [4.78, 5) is 31.9. The Balaban J connectivity index is 1.95. The Kier molecular flexibility index (Phi) is 7.45. The van der Waals surface area contributed by atoms with Gasteiger partial charge in [-0.05, 0) is 37.7 Å². The minimum atomic E-state index is -0.271. The van der Waals surface area contributed by atoms with E-state index in [1.54, 1.807) is 4.57 Å². The van der Waals surface area contributed by atoms with Gasteiger partial charge < -0.3 is 15.0 Å². The molecule has 2 N–H and O–H groups in total. The lowest BCUT2D eigenvalue weighted by Crippen LogP contribution is -2.26. The second-order valence-corrected chi connectivity index (χ2v) is 8.73. The third-order valence-electron chi connectivity index (χ3n) is 4.02. The number of hydrogen-bond donors (Lipinski definition) is 2. The number of H-pyrrole nitrogens is 1. The van der Waals surface area contributed by atoms with Gasteiger partial charge in [0.2, 0.25) is 5.91 Å². The molecule has 154 valence electrons. The fourth-order valence-electron chi connectivity index (χ4n) is 2.68. The number of aromatic nitrogens is 3. The van der Waals surface area contributed by atoms with Crippen molar-refractivity contribution in [1.29, 1.82) is 0 Å². The van der Waals surface area contributed by atoms with Gasteiger partial charge in [-0.2, -0.15) is 0 Å². The van der Waals surface area contributed by atoms with E-state index in [2.05, 4.69) is 22.2 Å². The standard InChI is InChI=1S/C19H22N4O3S3/c1-3-5-10-20-14(24)11-28-18-21-16-15(17(25)22-18)29-19(27)23(16)12-8-6-7-9-13(12)26-4-2/h6-9H,3-5,10-11H2,1-2H3,(H,20,24)(H,21,22,25). The van der Waals surface area contributed by atoms with Crippen molar-refractivity contribution in [1.82, 2.24) is 19.9 Å². The fraction of sp³-hybridized carbons (Fsp3) is 0.368. The Hall–Kier alpha value is -2.17. The van der Waals surface area contributed by atoms with E-state index >= 15 is 0 Å². The second kappa shape index (κ2) is 10.0. The molecule has 10 heteroatoms. The molecular weight excluding hydrogens is 428 g/mol. The number of hydrogen-bond acceptors (Lipinski definition) is 7. The minimum Gasteiger partial charge on any atom is -0.492 e. The Morgan fingerprint density at radius 3 is 2.93 bits per heavy atom. The molecule has 0 aliphatic rings. The number of carbonyl (C=O) groups is 1. The van der Waals surface area contributed by atoms with Crippen molar-refractivity contribution in [2.75, 3.05) is 18.9 Å². The summed E-state index contributed by atoms with van der Waals surface area (Å²) in [5.74, 6) is 0.755. The van der Waals surface area contributed by atoms with E-state index in [9.17, 15) is 9.59 Å². The van der Waals surface area contributed by atoms with Crippen LogP contribution in [0.1, 0.15) is 26.7 Å². The molecule has 1 amide bonds. The molecule has 3 aromatic rings. The van der Waals surface area contributed by atoms with Crippen LogP contribution < -0.4 is 15.6 Å². The number of ether oxygens (including phenoxy) is 1. The highest BCUT2D eigenvalue weighted by molar-refractivity contribution is 7.99. The molecule has 0 aliphatic heterocycles. The summed E-state index contributed by atoms with van der Waals surface area (Å²) in [6.07, 6.45) is 1.96. The summed E-state index contributed by atoms with van der Waals surface area (Å²) >= 11 is 7.90. The molecule has 0 saturated carbocycles. The van der Waals surface area contributed by atoms with Gasteiger partial charge in [0.25, 0.3) is 5.56 Å². The third-order valence-corrected chi connectivity index (χ3v) is 6.25. The molecule has 1 aromatic carbocycles. The molecular formula is C19H22N4O3S3. The monoisotopic (exact) mass is 450 g/mol. The zero-order chi connectivity index (χ0) is 20.8. The number of amides is 1. The first-order valence-corrected chi connectivity index (χ1v) is 11.5. The number of aromatic amines is 1. The number of unbranched alkanes of at least 4 members (excludes halogenated alkanes) is 1. The van der Waals surface area contributed by atoms with E-state index < -0.39 is 0 Å². The summed E-state index contributed by atoms with van der Waals surface area (Å²) in [5.41, 5.74) is 0.925. The highest BCUT2D eigenvalue weighted by Gasteiger charge is 2.17. The molecule has 0 unspecified atom stereocenters. The quantitative estimate of drug-likeness (QED) is 0.222. The normalized spacial score (nSPS) is 11.0. The number of nitrogens with zero attached hydrogens (tertiary/aromatic N) is 2. The van der Waals surface area contributed by atoms with Crippen LogP contribution in [0.15, 0.2) is 34.2 Å². The van der Waals surface area contributed by atoms with Crippen LogP contribution in [0.5, 0.6) is 5.75 Å². The summed E-state index contributed by atoms with van der Waals surface area (Å²) in [5, 5.41) is 3.23. The third kappa shape index (κ3) is 5.06. The van der Waals surface area contributed by atoms with E-state index in [1.807, 2.05) is 31.2 Å². The minimum absolute atomic E-state index is 0.0879. The molecule has 0 fully saturated rings. The van der Waals surface area contributed by atoms with Gasteiger partial charge in [-0.3, -0.25) is 14.2 Å². The molecule has 0 bridgehead atoms. The van der Waals surface area contributed by atoms with Crippen molar-refractivity contribution in [3.05, 3.63) is 38.6 Å². The lowest BCUT2D eigenvalue weighted by molar-refractivity contribution is -0.118. The van der Waals surface area contributed by atoms with Crippen LogP contribution in [-0.2, 0) is 4.79 Å². The summed E-state index contributed by atoms with van der Waals surface area (Å²) < 4.78 is 8.41. The molecule has 2 aromatic heterocycles. The predicted octanol–water partition coefficient (Wildman–Crippen LogP) is 3.91. The molecule has 2 heterocycles. The largest absolute Gasteiger partial charge is 0.492 e. The van der Waals surface area contributed by atoms with E-state index in [4.69, 9.17) is 17.0 Å². The van der Waals surface area contributed by atoms with Crippen LogP contribution in [-0.4, -0.2) is 39.3 Å². The van der Waals surface area contributed by atoms with Gasteiger partial charge in [0, 0.05) is 6.54 Å². The maximum atomic E-state index is 12.6. The molecule has 3 rings (SSSR count). The van der Waals surface area contributed by atoms with Crippen LogP contribution in [0.25, 0.3) is 16.0 Å². The lowest BCUT2D eigenvalue weighted by atomic mass is 10.3. The molecule has 0 aliphatic carbocycles. The molecule has 0 radical (unpaired) electrons. The number of rotatable bonds is 9. The van der Waals surface area contributed by atoms with E-state index in [0.717, 1.165) is 18.5 Å². The smallest absolute Gasteiger partial charge is 0.271 e. The van der Waals surface area contributed by atoms with Gasteiger partial charge in [-0.1, -0.05) is 48.6 Å². The molecule has 0 atom stereocenters. The Bertz CT molecular complexity index is 1120. The van der Waals surface area contributed by atoms with Crippen molar-refractivity contribution in [3.8, 4) is 11.4 Å². The van der Waals surface area contributed by atoms with Gasteiger partial charge in [0.05, 0.1) is 18.0 Å². The summed E-state index contributed by atoms with van der Waals surface area (Å²) in [6.45, 7) is 5.13. The first-order chi connectivity index (χ1) is 14.0. The zero-order valence-electron chi connectivity index (χ0n) is 16.2. The molecule has 7 nitrogen and oxygen atoms in total. The summed E-state index contributed by atoms with van der Waals surface area (Å²) in [6, 6.07) is 7.50. The van der Waals surface area contributed by atoms with Crippen molar-refractivity contribution in [2.24, 2.45) is 0 Å². The molecule has 29 heavy (non-hydrogen) atoms. The topological polar surface area (TPSA) is 89.0 Å². The fourth-order valence-corrected chi connectivity index (χ4v) is 4.63. The first kappa shape index (κ1) is 21.5. The zero-order valence-corrected chi connectivity index (χ0v) is 18.6. The average molecular weight is 451 g/mol. The Morgan fingerprint density at radius 1 is 1.38 bits per heavy atom. The van der Waals surface area contributed by atoms with E-state index in [-0.39, 0.29) is 17.2 Å². The Labute approximate surface area is 181 Å². The Morgan fingerprint density at radius 2 is 2.17 bits per heavy atom. The molecule has 0 spiro atoms. The van der Waals surface area contributed by atoms with Crippen LogP contribution >= 0.6 is 35.3 Å².